The monoisotopic (exact) mass is 285 g/mol. The Morgan fingerprint density at radius 2 is 2.05 bits per heavy atom. The van der Waals surface area contributed by atoms with Crippen molar-refractivity contribution in [2.45, 2.75) is 27.2 Å². The maximum atomic E-state index is 11.3. The number of fused-ring (bicyclic) bond motifs is 1. The van der Waals surface area contributed by atoms with Gasteiger partial charge in [0.05, 0.1) is 17.9 Å². The molecule has 0 saturated heterocycles. The smallest absolute Gasteiger partial charge is 0.344 e. The molecule has 3 N–H and O–H groups in total. The lowest BCUT2D eigenvalue weighted by Crippen LogP contribution is -2.27. The molecule has 1 aliphatic heterocycles. The standard InChI is InChI=1S/C10H13N3O3S.C2H6/c1-2-6-16-8-5-3-4-7-9(8)10(11)13-17(14,15)12-7;1-2/h3-5,12H,2,6H2,1H3,(H2,11,13);1-2H3. The van der Waals surface area contributed by atoms with Gasteiger partial charge in [0, 0.05) is 0 Å². The number of nitrogens with two attached hydrogens (primary N) is 1. The summed E-state index contributed by atoms with van der Waals surface area (Å²) >= 11 is 0. The van der Waals surface area contributed by atoms with Gasteiger partial charge in [0.15, 0.2) is 5.84 Å². The zero-order chi connectivity index (χ0) is 14.5. The van der Waals surface area contributed by atoms with E-state index in [1.807, 2.05) is 20.8 Å². The molecule has 0 aliphatic carbocycles. The van der Waals surface area contributed by atoms with Crippen molar-refractivity contribution >= 4 is 21.7 Å². The molecule has 0 radical (unpaired) electrons. The minimum Gasteiger partial charge on any atom is -0.493 e. The summed E-state index contributed by atoms with van der Waals surface area (Å²) in [6.07, 6.45) is 0.854. The van der Waals surface area contributed by atoms with Gasteiger partial charge in [-0.1, -0.05) is 26.8 Å². The van der Waals surface area contributed by atoms with Crippen molar-refractivity contribution in [2.75, 3.05) is 11.3 Å². The Bertz CT molecular complexity index is 568. The normalized spacial score (nSPS) is 15.2. The van der Waals surface area contributed by atoms with Crippen LogP contribution in [0.5, 0.6) is 5.75 Å². The van der Waals surface area contributed by atoms with Crippen molar-refractivity contribution in [1.29, 1.82) is 0 Å². The Hall–Kier alpha value is -1.76. The Morgan fingerprint density at radius 1 is 1.37 bits per heavy atom. The molecule has 6 nitrogen and oxygen atoms in total. The third kappa shape index (κ3) is 3.60. The van der Waals surface area contributed by atoms with Crippen LogP contribution in [0.1, 0.15) is 32.8 Å². The largest absolute Gasteiger partial charge is 0.493 e. The molecule has 106 valence electrons. The van der Waals surface area contributed by atoms with Crippen LogP contribution in [0.25, 0.3) is 0 Å². The average Bonchev–Trinajstić information content (AvgIpc) is 2.36. The summed E-state index contributed by atoms with van der Waals surface area (Å²) in [4.78, 5) is 0. The fourth-order valence-electron chi connectivity index (χ4n) is 1.55. The van der Waals surface area contributed by atoms with Crippen LogP contribution in [0.3, 0.4) is 0 Å². The molecule has 1 aliphatic rings. The summed E-state index contributed by atoms with van der Waals surface area (Å²) in [5.74, 6) is 0.485. The van der Waals surface area contributed by atoms with Crippen LogP contribution >= 0.6 is 0 Å². The van der Waals surface area contributed by atoms with Gasteiger partial charge in [-0.3, -0.25) is 4.72 Å². The van der Waals surface area contributed by atoms with Gasteiger partial charge in [0.25, 0.3) is 0 Å². The Labute approximate surface area is 113 Å². The Morgan fingerprint density at radius 3 is 2.68 bits per heavy atom. The number of nitrogens with zero attached hydrogens (tertiary/aromatic N) is 1. The van der Waals surface area contributed by atoms with Crippen molar-refractivity contribution in [2.24, 2.45) is 10.1 Å². The number of hydrogen-bond acceptors (Lipinski definition) is 4. The Kier molecular flexibility index (Phi) is 5.17. The summed E-state index contributed by atoms with van der Waals surface area (Å²) in [7, 11) is -3.73. The number of rotatable bonds is 3. The molecule has 0 saturated carbocycles. The highest BCUT2D eigenvalue weighted by Crippen LogP contribution is 2.30. The molecule has 0 bridgehead atoms. The van der Waals surface area contributed by atoms with Gasteiger partial charge < -0.3 is 10.5 Å². The van der Waals surface area contributed by atoms with Gasteiger partial charge in [-0.2, -0.15) is 8.42 Å². The van der Waals surface area contributed by atoms with E-state index in [1.165, 1.54) is 0 Å². The second-order valence-electron chi connectivity index (χ2n) is 3.58. The third-order valence-electron chi connectivity index (χ3n) is 2.20. The van der Waals surface area contributed by atoms with Crippen LogP contribution in [0.4, 0.5) is 5.69 Å². The van der Waals surface area contributed by atoms with Crippen molar-refractivity contribution < 1.29 is 13.2 Å². The van der Waals surface area contributed by atoms with E-state index in [4.69, 9.17) is 10.5 Å². The van der Waals surface area contributed by atoms with Crippen LogP contribution in [0, 0.1) is 0 Å². The molecule has 0 unspecified atom stereocenters. The maximum Gasteiger partial charge on any atom is 0.344 e. The van der Waals surface area contributed by atoms with E-state index in [0.717, 1.165) is 6.42 Å². The predicted molar refractivity (Wildman–Crippen MR) is 76.8 cm³/mol. The molecule has 0 fully saturated rings. The fourth-order valence-corrected chi connectivity index (χ4v) is 2.39. The molecule has 1 aromatic rings. The molecule has 1 heterocycles. The number of ether oxygens (including phenoxy) is 1. The highest BCUT2D eigenvalue weighted by atomic mass is 32.2. The average molecular weight is 285 g/mol. The van der Waals surface area contributed by atoms with E-state index in [9.17, 15) is 8.42 Å². The fraction of sp³-hybridized carbons (Fsp3) is 0.417. The molecule has 0 aromatic heterocycles. The quantitative estimate of drug-likeness (QED) is 0.886. The van der Waals surface area contributed by atoms with Gasteiger partial charge >= 0.3 is 10.2 Å². The summed E-state index contributed by atoms with van der Waals surface area (Å²) in [6, 6.07) is 5.05. The van der Waals surface area contributed by atoms with Gasteiger partial charge in [-0.05, 0) is 18.6 Å². The second-order valence-corrected chi connectivity index (χ2v) is 4.92. The SMILES string of the molecule is CC.CCCOc1cccc2c1C(N)=NS(=O)(=O)N2. The number of amidine groups is 1. The van der Waals surface area contributed by atoms with Crippen molar-refractivity contribution in [3.63, 3.8) is 0 Å². The first kappa shape index (κ1) is 15.3. The van der Waals surface area contributed by atoms with Gasteiger partial charge in [0.2, 0.25) is 0 Å². The number of benzene rings is 1. The van der Waals surface area contributed by atoms with Crippen LogP contribution in [-0.2, 0) is 10.2 Å². The van der Waals surface area contributed by atoms with E-state index in [-0.39, 0.29) is 5.84 Å². The van der Waals surface area contributed by atoms with Crippen molar-refractivity contribution in [1.82, 2.24) is 0 Å². The lowest BCUT2D eigenvalue weighted by atomic mass is 10.1. The summed E-state index contributed by atoms with van der Waals surface area (Å²) in [5.41, 5.74) is 6.54. The molecule has 0 spiro atoms. The van der Waals surface area contributed by atoms with E-state index < -0.39 is 10.2 Å². The topological polar surface area (TPSA) is 93.8 Å². The van der Waals surface area contributed by atoms with Gasteiger partial charge in [0.1, 0.15) is 5.75 Å². The van der Waals surface area contributed by atoms with E-state index in [2.05, 4.69) is 9.12 Å². The third-order valence-corrected chi connectivity index (χ3v) is 3.12. The zero-order valence-electron chi connectivity index (χ0n) is 11.3. The first-order chi connectivity index (χ1) is 9.03. The molecule has 0 amide bonds. The molecule has 1 aromatic carbocycles. The first-order valence-corrected chi connectivity index (χ1v) is 7.62. The zero-order valence-corrected chi connectivity index (χ0v) is 12.1. The minimum absolute atomic E-state index is 0.0505. The Balaban J connectivity index is 0.000000861. The molecular formula is C12H19N3O3S. The van der Waals surface area contributed by atoms with E-state index >= 15 is 0 Å². The minimum atomic E-state index is -3.73. The summed E-state index contributed by atoms with van der Waals surface area (Å²) in [6.45, 7) is 6.52. The predicted octanol–water partition coefficient (Wildman–Crippen LogP) is 1.88. The first-order valence-electron chi connectivity index (χ1n) is 6.18. The molecular weight excluding hydrogens is 266 g/mol. The van der Waals surface area contributed by atoms with Crippen LogP contribution < -0.4 is 15.2 Å². The van der Waals surface area contributed by atoms with Crippen molar-refractivity contribution in [3.8, 4) is 5.75 Å². The summed E-state index contributed by atoms with van der Waals surface area (Å²) < 4.78 is 33.9. The lowest BCUT2D eigenvalue weighted by molar-refractivity contribution is 0.317. The molecule has 7 heteroatoms. The molecule has 2 rings (SSSR count). The van der Waals surface area contributed by atoms with Gasteiger partial charge in [-0.25, -0.2) is 0 Å². The summed E-state index contributed by atoms with van der Waals surface area (Å²) in [5, 5.41) is 0. The van der Waals surface area contributed by atoms with E-state index in [0.29, 0.717) is 23.6 Å². The second kappa shape index (κ2) is 6.42. The van der Waals surface area contributed by atoms with Crippen LogP contribution in [0.15, 0.2) is 22.6 Å². The van der Waals surface area contributed by atoms with Crippen LogP contribution in [0.2, 0.25) is 0 Å². The molecule has 19 heavy (non-hydrogen) atoms. The number of nitrogens with one attached hydrogen (secondary N) is 1. The van der Waals surface area contributed by atoms with E-state index in [1.54, 1.807) is 18.2 Å². The maximum absolute atomic E-state index is 11.3. The van der Waals surface area contributed by atoms with Crippen molar-refractivity contribution in [3.05, 3.63) is 23.8 Å². The lowest BCUT2D eigenvalue weighted by Gasteiger charge is -2.18. The number of anilines is 1. The highest BCUT2D eigenvalue weighted by Gasteiger charge is 2.23. The highest BCUT2D eigenvalue weighted by molar-refractivity contribution is 7.91. The van der Waals surface area contributed by atoms with Crippen LogP contribution in [-0.4, -0.2) is 20.9 Å². The van der Waals surface area contributed by atoms with Gasteiger partial charge in [-0.15, -0.1) is 4.40 Å². The number of hydrogen-bond donors (Lipinski definition) is 2. The molecule has 0 atom stereocenters.